The first-order chi connectivity index (χ1) is 8.66. The first kappa shape index (κ1) is 12.4. The lowest BCUT2D eigenvalue weighted by molar-refractivity contribution is 0.104. The van der Waals surface area contributed by atoms with E-state index in [2.05, 4.69) is 9.97 Å². The van der Waals surface area contributed by atoms with Crippen molar-refractivity contribution in [1.29, 1.82) is 0 Å². The van der Waals surface area contributed by atoms with E-state index in [9.17, 15) is 4.79 Å². The molecule has 92 valence electrons. The Bertz CT molecular complexity index is 561. The molecule has 2 aromatic heterocycles. The lowest BCUT2D eigenvalue weighted by atomic mass is 10.3. The predicted molar refractivity (Wildman–Crippen MR) is 72.5 cm³/mol. The standard InChI is InChI=1S/C13H13N3OS/c1-16(2)8-6-11(17)12-9-15-13(18-12)10-5-3-4-7-14-10/h3-9H,1-2H3/b8-6+. The number of ketones is 1. The molecule has 5 heteroatoms. The van der Waals surface area contributed by atoms with E-state index in [0.29, 0.717) is 4.88 Å². The second-order valence-electron chi connectivity index (χ2n) is 3.89. The minimum atomic E-state index is -0.0385. The summed E-state index contributed by atoms with van der Waals surface area (Å²) in [6, 6.07) is 5.63. The second-order valence-corrected chi connectivity index (χ2v) is 4.92. The van der Waals surface area contributed by atoms with Crippen LogP contribution in [0.1, 0.15) is 9.67 Å². The zero-order valence-corrected chi connectivity index (χ0v) is 11.0. The summed E-state index contributed by atoms with van der Waals surface area (Å²) in [6.07, 6.45) is 6.57. The van der Waals surface area contributed by atoms with E-state index in [-0.39, 0.29) is 5.78 Å². The van der Waals surface area contributed by atoms with Gasteiger partial charge in [0.15, 0.2) is 5.78 Å². The average Bonchev–Trinajstić information content (AvgIpc) is 2.86. The number of nitrogens with zero attached hydrogens (tertiary/aromatic N) is 3. The van der Waals surface area contributed by atoms with Crippen molar-refractivity contribution in [2.24, 2.45) is 0 Å². The minimum Gasteiger partial charge on any atom is -0.383 e. The summed E-state index contributed by atoms with van der Waals surface area (Å²) in [6.45, 7) is 0. The average molecular weight is 259 g/mol. The molecule has 0 amide bonds. The molecule has 0 aliphatic rings. The Balaban J connectivity index is 2.19. The van der Waals surface area contributed by atoms with Crippen molar-refractivity contribution in [3.05, 3.63) is 47.7 Å². The molecule has 0 N–H and O–H groups in total. The number of pyridine rings is 1. The number of aromatic nitrogens is 2. The fourth-order valence-corrected chi connectivity index (χ4v) is 2.11. The molecule has 0 fully saturated rings. The largest absolute Gasteiger partial charge is 0.383 e. The Morgan fingerprint density at radius 1 is 1.33 bits per heavy atom. The summed E-state index contributed by atoms with van der Waals surface area (Å²) in [5, 5.41) is 0.761. The molecule has 0 spiro atoms. The molecule has 4 nitrogen and oxygen atoms in total. The van der Waals surface area contributed by atoms with Crippen LogP contribution < -0.4 is 0 Å². The molecule has 2 aromatic rings. The highest BCUT2D eigenvalue weighted by atomic mass is 32.1. The van der Waals surface area contributed by atoms with Gasteiger partial charge in [-0.25, -0.2) is 4.98 Å². The van der Waals surface area contributed by atoms with Gasteiger partial charge < -0.3 is 4.90 Å². The van der Waals surface area contributed by atoms with E-state index in [1.54, 1.807) is 18.6 Å². The van der Waals surface area contributed by atoms with Gasteiger partial charge in [0.1, 0.15) is 5.01 Å². The fourth-order valence-electron chi connectivity index (χ4n) is 1.29. The van der Waals surface area contributed by atoms with E-state index < -0.39 is 0 Å². The predicted octanol–water partition coefficient (Wildman–Crippen LogP) is 2.46. The molecule has 0 aliphatic heterocycles. The highest BCUT2D eigenvalue weighted by molar-refractivity contribution is 7.17. The summed E-state index contributed by atoms with van der Waals surface area (Å²) in [4.78, 5) is 22.7. The monoisotopic (exact) mass is 259 g/mol. The van der Waals surface area contributed by atoms with Gasteiger partial charge in [-0.1, -0.05) is 6.07 Å². The Morgan fingerprint density at radius 3 is 2.83 bits per heavy atom. The Kier molecular flexibility index (Phi) is 3.84. The number of allylic oxidation sites excluding steroid dienone is 1. The summed E-state index contributed by atoms with van der Waals surface area (Å²) in [5.41, 5.74) is 0.790. The molecule has 18 heavy (non-hydrogen) atoms. The zero-order valence-electron chi connectivity index (χ0n) is 10.2. The van der Waals surface area contributed by atoms with Crippen LogP contribution in [0, 0.1) is 0 Å². The first-order valence-electron chi connectivity index (χ1n) is 5.43. The SMILES string of the molecule is CN(C)/C=C/C(=O)c1cnc(-c2ccccn2)s1. The van der Waals surface area contributed by atoms with Gasteiger partial charge in [0.25, 0.3) is 0 Å². The van der Waals surface area contributed by atoms with Crippen LogP contribution in [0.2, 0.25) is 0 Å². The second kappa shape index (κ2) is 5.55. The lowest BCUT2D eigenvalue weighted by Crippen LogP contribution is -2.02. The van der Waals surface area contributed by atoms with Gasteiger partial charge in [0, 0.05) is 38.8 Å². The van der Waals surface area contributed by atoms with E-state index in [1.165, 1.54) is 17.4 Å². The number of rotatable bonds is 4. The maximum Gasteiger partial charge on any atom is 0.198 e. The van der Waals surface area contributed by atoms with Gasteiger partial charge >= 0.3 is 0 Å². The molecule has 0 unspecified atom stereocenters. The van der Waals surface area contributed by atoms with Gasteiger partial charge in [-0.2, -0.15) is 0 Å². The Labute approximate surface area is 110 Å². The highest BCUT2D eigenvalue weighted by Gasteiger charge is 2.09. The molecule has 0 bridgehead atoms. The van der Waals surface area contributed by atoms with E-state index in [4.69, 9.17) is 0 Å². The van der Waals surface area contributed by atoms with Crippen LogP contribution in [0.3, 0.4) is 0 Å². The molecular weight excluding hydrogens is 246 g/mol. The normalized spacial score (nSPS) is 10.8. The van der Waals surface area contributed by atoms with Crippen molar-refractivity contribution in [2.75, 3.05) is 14.1 Å². The molecule has 0 saturated carbocycles. The topological polar surface area (TPSA) is 46.1 Å². The van der Waals surface area contributed by atoms with Crippen molar-refractivity contribution < 1.29 is 4.79 Å². The molecular formula is C13H13N3OS. The quantitative estimate of drug-likeness (QED) is 0.625. The van der Waals surface area contributed by atoms with Gasteiger partial charge in [-0.3, -0.25) is 9.78 Å². The van der Waals surface area contributed by atoms with Crippen molar-refractivity contribution in [1.82, 2.24) is 14.9 Å². The van der Waals surface area contributed by atoms with Crippen LogP contribution in [0.5, 0.6) is 0 Å². The number of carbonyl (C=O) groups is 1. The van der Waals surface area contributed by atoms with Crippen molar-refractivity contribution in [2.45, 2.75) is 0 Å². The third-order valence-corrected chi connectivity index (χ3v) is 3.19. The molecule has 2 heterocycles. The van der Waals surface area contributed by atoms with Crippen LogP contribution in [0.15, 0.2) is 42.9 Å². The number of hydrogen-bond acceptors (Lipinski definition) is 5. The number of hydrogen-bond donors (Lipinski definition) is 0. The van der Waals surface area contributed by atoms with Crippen LogP contribution in [-0.2, 0) is 0 Å². The summed E-state index contributed by atoms with van der Waals surface area (Å²) >= 11 is 1.35. The fraction of sp³-hybridized carbons (Fsp3) is 0.154. The minimum absolute atomic E-state index is 0.0385. The van der Waals surface area contributed by atoms with Gasteiger partial charge in [-0.05, 0) is 12.1 Å². The van der Waals surface area contributed by atoms with E-state index in [1.807, 2.05) is 37.2 Å². The molecule has 0 saturated heterocycles. The maximum absolute atomic E-state index is 11.8. The summed E-state index contributed by atoms with van der Waals surface area (Å²) in [7, 11) is 3.74. The first-order valence-corrected chi connectivity index (χ1v) is 6.24. The third-order valence-electron chi connectivity index (χ3n) is 2.16. The van der Waals surface area contributed by atoms with E-state index in [0.717, 1.165) is 10.7 Å². The van der Waals surface area contributed by atoms with Crippen molar-refractivity contribution >= 4 is 17.1 Å². The van der Waals surface area contributed by atoms with Crippen LogP contribution in [0.4, 0.5) is 0 Å². The van der Waals surface area contributed by atoms with Crippen LogP contribution >= 0.6 is 11.3 Å². The molecule has 0 radical (unpaired) electrons. The van der Waals surface area contributed by atoms with Gasteiger partial charge in [-0.15, -0.1) is 11.3 Å². The van der Waals surface area contributed by atoms with Gasteiger partial charge in [0.2, 0.25) is 0 Å². The van der Waals surface area contributed by atoms with Crippen molar-refractivity contribution in [3.63, 3.8) is 0 Å². The molecule has 0 aromatic carbocycles. The number of carbonyl (C=O) groups excluding carboxylic acids is 1. The van der Waals surface area contributed by atoms with Crippen LogP contribution in [0.25, 0.3) is 10.7 Å². The Hall–Kier alpha value is -2.01. The van der Waals surface area contributed by atoms with Gasteiger partial charge in [0.05, 0.1) is 10.6 Å². The lowest BCUT2D eigenvalue weighted by Gasteiger charge is -2.01. The smallest absolute Gasteiger partial charge is 0.198 e. The summed E-state index contributed by atoms with van der Waals surface area (Å²) < 4.78 is 0. The maximum atomic E-state index is 11.8. The van der Waals surface area contributed by atoms with Crippen LogP contribution in [-0.4, -0.2) is 34.7 Å². The number of thiazole rings is 1. The third kappa shape index (κ3) is 3.01. The molecule has 0 atom stereocenters. The molecule has 0 aliphatic carbocycles. The summed E-state index contributed by atoms with van der Waals surface area (Å²) in [5.74, 6) is -0.0385. The van der Waals surface area contributed by atoms with Crippen molar-refractivity contribution in [3.8, 4) is 10.7 Å². The highest BCUT2D eigenvalue weighted by Crippen LogP contribution is 2.23. The zero-order chi connectivity index (χ0) is 13.0. The molecule has 2 rings (SSSR count). The Morgan fingerprint density at radius 2 is 2.17 bits per heavy atom. The van der Waals surface area contributed by atoms with E-state index >= 15 is 0 Å².